The molecule has 0 bridgehead atoms. The summed E-state index contributed by atoms with van der Waals surface area (Å²) in [6.07, 6.45) is 2.81. The van der Waals surface area contributed by atoms with Crippen molar-refractivity contribution in [2.75, 3.05) is 0 Å². The van der Waals surface area contributed by atoms with Gasteiger partial charge in [-0.25, -0.2) is 0 Å². The van der Waals surface area contributed by atoms with E-state index in [-0.39, 0.29) is 6.10 Å². The molecule has 15 heavy (non-hydrogen) atoms. The molecule has 0 amide bonds. The number of fused-ring (bicyclic) bond motifs is 1. The van der Waals surface area contributed by atoms with Crippen molar-refractivity contribution in [3.05, 3.63) is 29.3 Å². The van der Waals surface area contributed by atoms with Crippen molar-refractivity contribution in [1.29, 1.82) is 0 Å². The van der Waals surface area contributed by atoms with E-state index in [9.17, 15) is 4.79 Å². The first-order chi connectivity index (χ1) is 7.22. The minimum absolute atomic E-state index is 0.268. The lowest BCUT2D eigenvalue weighted by Crippen LogP contribution is -2.06. The summed E-state index contributed by atoms with van der Waals surface area (Å²) < 4.78 is 5.69. The van der Waals surface area contributed by atoms with Crippen molar-refractivity contribution in [3.63, 3.8) is 0 Å². The summed E-state index contributed by atoms with van der Waals surface area (Å²) in [6.45, 7) is 4.17. The zero-order valence-electron chi connectivity index (χ0n) is 9.19. The number of carbonyl (C=O) groups is 1. The van der Waals surface area contributed by atoms with Crippen LogP contribution in [0.15, 0.2) is 18.2 Å². The van der Waals surface area contributed by atoms with Crippen LogP contribution in [0.4, 0.5) is 0 Å². The zero-order valence-corrected chi connectivity index (χ0v) is 9.19. The van der Waals surface area contributed by atoms with E-state index in [0.29, 0.717) is 12.3 Å². The average Bonchev–Trinajstić information content (AvgIpc) is 2.57. The lowest BCUT2D eigenvalue weighted by Gasteiger charge is -2.11. The highest BCUT2D eigenvalue weighted by Gasteiger charge is 2.23. The highest BCUT2D eigenvalue weighted by atomic mass is 16.5. The molecule has 0 saturated carbocycles. The SMILES string of the molecule is CC1Cc2c(cccc2C(C)CC=O)O1. The Bertz CT molecular complexity index is 371. The monoisotopic (exact) mass is 204 g/mol. The number of hydrogen-bond donors (Lipinski definition) is 0. The maximum atomic E-state index is 10.5. The second kappa shape index (κ2) is 4.05. The van der Waals surface area contributed by atoms with Gasteiger partial charge in [-0.05, 0) is 24.5 Å². The molecular formula is C13H16O2. The van der Waals surface area contributed by atoms with Crippen LogP contribution in [0.3, 0.4) is 0 Å². The Morgan fingerprint density at radius 2 is 2.40 bits per heavy atom. The molecule has 2 rings (SSSR count). The Labute approximate surface area is 90.3 Å². The Kier molecular flexibility index (Phi) is 2.76. The fourth-order valence-corrected chi connectivity index (χ4v) is 2.19. The van der Waals surface area contributed by atoms with Gasteiger partial charge in [0, 0.05) is 18.4 Å². The molecule has 0 spiro atoms. The van der Waals surface area contributed by atoms with Gasteiger partial charge in [-0.3, -0.25) is 0 Å². The molecule has 2 nitrogen and oxygen atoms in total. The third-order valence-corrected chi connectivity index (χ3v) is 2.97. The number of aldehydes is 1. The van der Waals surface area contributed by atoms with Crippen molar-refractivity contribution in [1.82, 2.24) is 0 Å². The molecule has 0 fully saturated rings. The summed E-state index contributed by atoms with van der Waals surface area (Å²) in [7, 11) is 0. The van der Waals surface area contributed by atoms with Crippen LogP contribution in [-0.4, -0.2) is 12.4 Å². The molecule has 0 radical (unpaired) electrons. The number of benzene rings is 1. The summed E-state index contributed by atoms with van der Waals surface area (Å²) in [5.41, 5.74) is 2.56. The Balaban J connectivity index is 2.33. The molecule has 1 aromatic carbocycles. The number of hydrogen-bond acceptors (Lipinski definition) is 2. The third-order valence-electron chi connectivity index (χ3n) is 2.97. The van der Waals surface area contributed by atoms with E-state index in [1.165, 1.54) is 11.1 Å². The molecule has 1 aliphatic heterocycles. The number of ether oxygens (including phenoxy) is 1. The third kappa shape index (κ3) is 1.89. The van der Waals surface area contributed by atoms with Crippen LogP contribution >= 0.6 is 0 Å². The molecule has 1 heterocycles. The van der Waals surface area contributed by atoms with E-state index in [4.69, 9.17) is 4.74 Å². The Morgan fingerprint density at radius 1 is 1.60 bits per heavy atom. The normalized spacial score (nSPS) is 20.5. The van der Waals surface area contributed by atoms with E-state index in [0.717, 1.165) is 18.5 Å². The molecule has 0 N–H and O–H groups in total. The molecule has 2 heteroatoms. The van der Waals surface area contributed by atoms with E-state index < -0.39 is 0 Å². The predicted octanol–water partition coefficient (Wildman–Crippen LogP) is 2.70. The van der Waals surface area contributed by atoms with Crippen LogP contribution in [-0.2, 0) is 11.2 Å². The van der Waals surface area contributed by atoms with Crippen molar-refractivity contribution in [3.8, 4) is 5.75 Å². The van der Waals surface area contributed by atoms with Gasteiger partial charge < -0.3 is 9.53 Å². The van der Waals surface area contributed by atoms with Crippen LogP contribution in [0.1, 0.15) is 37.3 Å². The van der Waals surface area contributed by atoms with Crippen molar-refractivity contribution < 1.29 is 9.53 Å². The van der Waals surface area contributed by atoms with Crippen LogP contribution in [0.25, 0.3) is 0 Å². The molecule has 0 saturated heterocycles. The highest BCUT2D eigenvalue weighted by molar-refractivity contribution is 5.53. The fraction of sp³-hybridized carbons (Fsp3) is 0.462. The molecular weight excluding hydrogens is 188 g/mol. The summed E-state index contributed by atoms with van der Waals surface area (Å²) in [5.74, 6) is 1.30. The van der Waals surface area contributed by atoms with Gasteiger partial charge in [-0.2, -0.15) is 0 Å². The molecule has 0 aromatic heterocycles. The van der Waals surface area contributed by atoms with Crippen LogP contribution < -0.4 is 4.74 Å². The summed E-state index contributed by atoms with van der Waals surface area (Å²) in [6, 6.07) is 6.12. The topological polar surface area (TPSA) is 26.3 Å². The summed E-state index contributed by atoms with van der Waals surface area (Å²) in [4.78, 5) is 10.5. The van der Waals surface area contributed by atoms with E-state index >= 15 is 0 Å². The lowest BCUT2D eigenvalue weighted by molar-refractivity contribution is -0.108. The van der Waals surface area contributed by atoms with Crippen molar-refractivity contribution in [2.24, 2.45) is 0 Å². The average molecular weight is 204 g/mol. The fourth-order valence-electron chi connectivity index (χ4n) is 2.19. The van der Waals surface area contributed by atoms with E-state index in [1.807, 2.05) is 12.1 Å². The minimum Gasteiger partial charge on any atom is -0.490 e. The van der Waals surface area contributed by atoms with E-state index in [2.05, 4.69) is 19.9 Å². The molecule has 0 aliphatic carbocycles. The first-order valence-electron chi connectivity index (χ1n) is 5.44. The second-order valence-electron chi connectivity index (χ2n) is 4.26. The van der Waals surface area contributed by atoms with Crippen molar-refractivity contribution >= 4 is 6.29 Å². The van der Waals surface area contributed by atoms with Crippen LogP contribution in [0.5, 0.6) is 5.75 Å². The minimum atomic E-state index is 0.268. The van der Waals surface area contributed by atoms with E-state index in [1.54, 1.807) is 0 Å². The lowest BCUT2D eigenvalue weighted by atomic mass is 9.92. The highest BCUT2D eigenvalue weighted by Crippen LogP contribution is 2.35. The molecule has 2 atom stereocenters. The first kappa shape index (κ1) is 10.2. The van der Waals surface area contributed by atoms with Gasteiger partial charge >= 0.3 is 0 Å². The zero-order chi connectivity index (χ0) is 10.8. The first-order valence-corrected chi connectivity index (χ1v) is 5.44. The second-order valence-corrected chi connectivity index (χ2v) is 4.26. The van der Waals surface area contributed by atoms with Gasteiger partial charge in [0.1, 0.15) is 18.1 Å². The Hall–Kier alpha value is -1.31. The van der Waals surface area contributed by atoms with Crippen molar-refractivity contribution in [2.45, 2.75) is 38.7 Å². The van der Waals surface area contributed by atoms with Crippen LogP contribution in [0, 0.1) is 0 Å². The van der Waals surface area contributed by atoms with Gasteiger partial charge in [0.2, 0.25) is 0 Å². The maximum absolute atomic E-state index is 10.5. The van der Waals surface area contributed by atoms with Gasteiger partial charge in [0.25, 0.3) is 0 Å². The molecule has 1 aliphatic rings. The molecule has 2 unspecified atom stereocenters. The van der Waals surface area contributed by atoms with Gasteiger partial charge in [-0.15, -0.1) is 0 Å². The van der Waals surface area contributed by atoms with Gasteiger partial charge in [0.15, 0.2) is 0 Å². The number of carbonyl (C=O) groups excluding carboxylic acids is 1. The summed E-state index contributed by atoms with van der Waals surface area (Å²) in [5, 5.41) is 0. The standard InChI is InChI=1S/C13H16O2/c1-9(6-7-14)11-4-3-5-13-12(11)8-10(2)15-13/h3-5,7,9-10H,6,8H2,1-2H3. The largest absolute Gasteiger partial charge is 0.490 e. The predicted molar refractivity (Wildman–Crippen MR) is 59.3 cm³/mol. The molecule has 1 aromatic rings. The number of rotatable bonds is 3. The van der Waals surface area contributed by atoms with Gasteiger partial charge in [0.05, 0.1) is 0 Å². The molecule has 80 valence electrons. The Morgan fingerprint density at radius 3 is 3.13 bits per heavy atom. The smallest absolute Gasteiger partial charge is 0.123 e. The quantitative estimate of drug-likeness (QED) is 0.707. The maximum Gasteiger partial charge on any atom is 0.123 e. The van der Waals surface area contributed by atoms with Gasteiger partial charge in [-0.1, -0.05) is 19.1 Å². The van der Waals surface area contributed by atoms with Crippen LogP contribution in [0.2, 0.25) is 0 Å². The summed E-state index contributed by atoms with van der Waals surface area (Å²) >= 11 is 0.